The summed E-state index contributed by atoms with van der Waals surface area (Å²) in [6.45, 7) is 0.333. The summed E-state index contributed by atoms with van der Waals surface area (Å²) in [7, 11) is 1.24. The first-order valence-corrected chi connectivity index (χ1v) is 10.8. The number of carbonyl (C=O) groups excluding carboxylic acids is 3. The molecule has 1 aromatic rings. The minimum absolute atomic E-state index is 0.0120. The number of nitrogens with zero attached hydrogens (tertiary/aromatic N) is 4. The van der Waals surface area contributed by atoms with Gasteiger partial charge in [0.05, 0.1) is 6.54 Å². The number of imide groups is 2. The standard InChI is InChI=1S/C22H26N4O10/c1-3-4-10-24-19(31)15(20(32)26(22(24)34)13-16(27)28)9-7-5-6-8-14-17(29)23(2)21(33)25(18(14)30)11-12-36-35/h5-9,29,35H,3-4,10-13H2,1-2H3,(H,27,28). The van der Waals surface area contributed by atoms with Gasteiger partial charge in [0.15, 0.2) is 0 Å². The highest BCUT2D eigenvalue weighted by molar-refractivity contribution is 6.29. The monoisotopic (exact) mass is 506 g/mol. The van der Waals surface area contributed by atoms with Crippen molar-refractivity contribution in [1.82, 2.24) is 18.9 Å². The molecule has 0 spiro atoms. The van der Waals surface area contributed by atoms with Crippen molar-refractivity contribution in [2.45, 2.75) is 26.3 Å². The van der Waals surface area contributed by atoms with Crippen molar-refractivity contribution in [2.24, 2.45) is 7.05 Å². The van der Waals surface area contributed by atoms with E-state index in [2.05, 4.69) is 4.89 Å². The summed E-state index contributed by atoms with van der Waals surface area (Å²) in [5.74, 6) is -3.95. The van der Waals surface area contributed by atoms with Crippen LogP contribution in [-0.4, -0.2) is 77.9 Å². The van der Waals surface area contributed by atoms with Crippen LogP contribution in [0.5, 0.6) is 5.88 Å². The van der Waals surface area contributed by atoms with Crippen LogP contribution in [0.25, 0.3) is 6.08 Å². The van der Waals surface area contributed by atoms with E-state index in [1.54, 1.807) is 0 Å². The third-order valence-corrected chi connectivity index (χ3v) is 5.15. The van der Waals surface area contributed by atoms with E-state index in [0.29, 0.717) is 17.7 Å². The number of allylic oxidation sites excluding steroid dienone is 4. The van der Waals surface area contributed by atoms with Crippen LogP contribution in [0.3, 0.4) is 0 Å². The molecule has 0 aliphatic carbocycles. The molecule has 1 fully saturated rings. The van der Waals surface area contributed by atoms with Gasteiger partial charge in [-0.1, -0.05) is 31.6 Å². The first-order chi connectivity index (χ1) is 17.1. The van der Waals surface area contributed by atoms with Gasteiger partial charge < -0.3 is 10.2 Å². The quantitative estimate of drug-likeness (QED) is 0.120. The summed E-state index contributed by atoms with van der Waals surface area (Å²) in [5, 5.41) is 27.7. The van der Waals surface area contributed by atoms with Gasteiger partial charge in [-0.05, 0) is 18.6 Å². The van der Waals surface area contributed by atoms with E-state index in [1.165, 1.54) is 31.4 Å². The number of urea groups is 1. The Morgan fingerprint density at radius 2 is 1.67 bits per heavy atom. The second-order valence-electron chi connectivity index (χ2n) is 7.57. The third kappa shape index (κ3) is 6.03. The van der Waals surface area contributed by atoms with E-state index in [4.69, 9.17) is 10.4 Å². The molecule has 194 valence electrons. The van der Waals surface area contributed by atoms with Crippen molar-refractivity contribution < 1.29 is 39.5 Å². The molecular formula is C22H26N4O10. The first kappa shape index (κ1) is 27.9. The van der Waals surface area contributed by atoms with Gasteiger partial charge in [-0.3, -0.25) is 38.5 Å². The summed E-state index contributed by atoms with van der Waals surface area (Å²) in [5.41, 5.74) is -2.34. The Morgan fingerprint density at radius 1 is 1.00 bits per heavy atom. The van der Waals surface area contributed by atoms with Crippen molar-refractivity contribution in [1.29, 1.82) is 0 Å². The Kier molecular flexibility index (Phi) is 9.64. The van der Waals surface area contributed by atoms with Crippen LogP contribution in [-0.2, 0) is 32.9 Å². The first-order valence-electron chi connectivity index (χ1n) is 10.8. The Bertz CT molecular complexity index is 1250. The molecule has 0 aromatic carbocycles. The van der Waals surface area contributed by atoms with Gasteiger partial charge >= 0.3 is 17.7 Å². The largest absolute Gasteiger partial charge is 0.494 e. The molecule has 1 saturated heterocycles. The number of aromatic hydroxyl groups is 1. The lowest BCUT2D eigenvalue weighted by Gasteiger charge is -2.32. The highest BCUT2D eigenvalue weighted by atomic mass is 17.1. The zero-order chi connectivity index (χ0) is 27.0. The fourth-order valence-corrected chi connectivity index (χ4v) is 3.26. The van der Waals surface area contributed by atoms with Crippen molar-refractivity contribution in [3.8, 4) is 5.88 Å². The molecule has 0 saturated carbocycles. The number of rotatable bonds is 11. The Hall–Kier alpha value is -4.30. The van der Waals surface area contributed by atoms with Crippen LogP contribution in [0, 0.1) is 0 Å². The molecule has 3 N–H and O–H groups in total. The maximum Gasteiger partial charge on any atom is 0.334 e. The molecule has 0 atom stereocenters. The zero-order valence-electron chi connectivity index (χ0n) is 19.6. The molecule has 14 heteroatoms. The Labute approximate surface area is 204 Å². The fraction of sp³-hybridized carbons (Fsp3) is 0.364. The van der Waals surface area contributed by atoms with Crippen LogP contribution < -0.4 is 11.2 Å². The van der Waals surface area contributed by atoms with Crippen LogP contribution in [0.4, 0.5) is 4.79 Å². The maximum atomic E-state index is 12.7. The second-order valence-corrected chi connectivity index (χ2v) is 7.57. The van der Waals surface area contributed by atoms with Crippen LogP contribution in [0.15, 0.2) is 39.5 Å². The maximum absolute atomic E-state index is 12.7. The molecule has 2 heterocycles. The topological polar surface area (TPSA) is 189 Å². The minimum Gasteiger partial charge on any atom is -0.494 e. The van der Waals surface area contributed by atoms with E-state index in [9.17, 15) is 33.9 Å². The smallest absolute Gasteiger partial charge is 0.334 e. The predicted molar refractivity (Wildman–Crippen MR) is 124 cm³/mol. The van der Waals surface area contributed by atoms with Crippen LogP contribution >= 0.6 is 0 Å². The lowest BCUT2D eigenvalue weighted by Crippen LogP contribution is -2.57. The van der Waals surface area contributed by atoms with E-state index < -0.39 is 53.1 Å². The van der Waals surface area contributed by atoms with Gasteiger partial charge in [0.25, 0.3) is 17.4 Å². The van der Waals surface area contributed by atoms with Gasteiger partial charge in [0, 0.05) is 13.6 Å². The lowest BCUT2D eigenvalue weighted by molar-refractivity contribution is -0.244. The predicted octanol–water partition coefficient (Wildman–Crippen LogP) is -0.0865. The number of hydrogen-bond donors (Lipinski definition) is 3. The number of aromatic nitrogens is 2. The summed E-state index contributed by atoms with van der Waals surface area (Å²) >= 11 is 0. The molecule has 0 radical (unpaired) electrons. The normalized spacial score (nSPS) is 15.8. The Morgan fingerprint density at radius 3 is 2.28 bits per heavy atom. The number of carbonyl (C=O) groups is 4. The van der Waals surface area contributed by atoms with Gasteiger partial charge in [-0.25, -0.2) is 19.4 Å². The molecule has 36 heavy (non-hydrogen) atoms. The van der Waals surface area contributed by atoms with E-state index in [-0.39, 0.29) is 25.3 Å². The third-order valence-electron chi connectivity index (χ3n) is 5.15. The highest BCUT2D eigenvalue weighted by Crippen LogP contribution is 2.18. The number of unbranched alkanes of at least 4 members (excludes halogenated alkanes) is 1. The molecule has 1 aliphatic heterocycles. The fourth-order valence-electron chi connectivity index (χ4n) is 3.26. The van der Waals surface area contributed by atoms with Gasteiger partial charge in [-0.2, -0.15) is 0 Å². The zero-order valence-corrected chi connectivity index (χ0v) is 19.6. The number of hydrogen-bond acceptors (Lipinski definition) is 9. The molecular weight excluding hydrogens is 480 g/mol. The summed E-state index contributed by atoms with van der Waals surface area (Å²) < 4.78 is 1.57. The van der Waals surface area contributed by atoms with Crippen LogP contribution in [0.1, 0.15) is 25.3 Å². The van der Waals surface area contributed by atoms with Crippen molar-refractivity contribution >= 4 is 29.9 Å². The Balaban J connectivity index is 2.36. The van der Waals surface area contributed by atoms with E-state index in [0.717, 1.165) is 20.1 Å². The molecule has 14 nitrogen and oxygen atoms in total. The number of carboxylic acids is 1. The molecule has 1 aromatic heterocycles. The highest BCUT2D eigenvalue weighted by Gasteiger charge is 2.42. The van der Waals surface area contributed by atoms with Gasteiger partial charge in [0.2, 0.25) is 5.88 Å². The average molecular weight is 506 g/mol. The van der Waals surface area contributed by atoms with Crippen molar-refractivity contribution in [3.63, 3.8) is 0 Å². The van der Waals surface area contributed by atoms with Crippen molar-refractivity contribution in [2.75, 3.05) is 19.7 Å². The van der Waals surface area contributed by atoms with Crippen LogP contribution in [0.2, 0.25) is 0 Å². The number of carboxylic acid groups (broad SMARTS) is 1. The average Bonchev–Trinajstić information content (AvgIpc) is 2.84. The second kappa shape index (κ2) is 12.4. The summed E-state index contributed by atoms with van der Waals surface area (Å²) in [6.07, 6.45) is 7.26. The minimum atomic E-state index is -1.42. The SMILES string of the molecule is CCCCN1C(=O)C(=CC=CC=Cc2c(O)n(C)c(=O)n(CCOO)c2=O)C(=O)N(CC(=O)O)C1=O. The molecule has 0 bridgehead atoms. The van der Waals surface area contributed by atoms with E-state index >= 15 is 0 Å². The molecule has 1 aliphatic rings. The summed E-state index contributed by atoms with van der Waals surface area (Å²) in [4.78, 5) is 78.7. The van der Waals surface area contributed by atoms with Gasteiger partial charge in [-0.15, -0.1) is 0 Å². The number of aliphatic carboxylic acids is 1. The number of barbiturate groups is 1. The number of amides is 4. The van der Waals surface area contributed by atoms with Gasteiger partial charge in [0.1, 0.15) is 24.3 Å². The summed E-state index contributed by atoms with van der Waals surface area (Å²) in [6, 6.07) is -1.00. The molecule has 4 amide bonds. The van der Waals surface area contributed by atoms with Crippen molar-refractivity contribution in [3.05, 3.63) is 56.3 Å². The molecule has 0 unspecified atom stereocenters. The van der Waals surface area contributed by atoms with E-state index in [1.807, 2.05) is 6.92 Å². The lowest BCUT2D eigenvalue weighted by atomic mass is 10.1. The molecule has 2 rings (SSSR count).